The molecule has 1 aliphatic rings. The second-order valence-electron chi connectivity index (χ2n) is 8.96. The Balaban J connectivity index is 1.52. The number of fused-ring (bicyclic) bond motifs is 3. The van der Waals surface area contributed by atoms with Crippen LogP contribution in [0.2, 0.25) is 0 Å². The number of likely N-dealkylation sites (tertiary alicyclic amines) is 1. The lowest BCUT2D eigenvalue weighted by Gasteiger charge is -2.24. The van der Waals surface area contributed by atoms with Crippen molar-refractivity contribution in [2.24, 2.45) is 0 Å². The Hall–Kier alpha value is -3.81. The molecule has 2 amide bonds. The van der Waals surface area contributed by atoms with Crippen LogP contribution in [-0.4, -0.2) is 55.0 Å². The third-order valence-corrected chi connectivity index (χ3v) is 6.85. The number of anilines is 2. The molecule has 14 heteroatoms. The molecule has 1 fully saturated rings. The first-order valence-corrected chi connectivity index (χ1v) is 12.2. The predicted octanol–water partition coefficient (Wildman–Crippen LogP) is 4.23. The maximum atomic E-state index is 14.5. The van der Waals surface area contributed by atoms with Gasteiger partial charge in [-0.2, -0.15) is 13.2 Å². The molecule has 1 saturated heterocycles. The number of hydrogen-bond donors (Lipinski definition) is 2. The fraction of sp³-hybridized carbons (Fsp3) is 0.292. The van der Waals surface area contributed by atoms with Gasteiger partial charge in [0.05, 0.1) is 23.0 Å². The number of halogens is 5. The van der Waals surface area contributed by atoms with E-state index in [0.29, 0.717) is 10.1 Å². The highest BCUT2D eigenvalue weighted by Crippen LogP contribution is 2.38. The number of nitrogens with one attached hydrogen (secondary N) is 1. The summed E-state index contributed by atoms with van der Waals surface area (Å²) in [4.78, 5) is 39.8. The zero-order valence-corrected chi connectivity index (χ0v) is 21.3. The van der Waals surface area contributed by atoms with E-state index in [1.165, 1.54) is 11.5 Å². The van der Waals surface area contributed by atoms with Crippen molar-refractivity contribution in [3.05, 3.63) is 52.4 Å². The molecule has 9 nitrogen and oxygen atoms in total. The van der Waals surface area contributed by atoms with Gasteiger partial charge in [0, 0.05) is 11.8 Å². The SMILES string of the molecule is Cc1cc(C(F)(F)F)cc2c3c(N)ncnc3n(CC(=O)N3C[C@H](F)C[C@@H]3C(=O)Nc3cccc(Br)n3)c12. The van der Waals surface area contributed by atoms with Crippen molar-refractivity contribution < 1.29 is 27.2 Å². The Morgan fingerprint density at radius 1 is 1.24 bits per heavy atom. The first kappa shape index (κ1) is 25.8. The van der Waals surface area contributed by atoms with Crippen molar-refractivity contribution in [3.63, 3.8) is 0 Å². The fourth-order valence-corrected chi connectivity index (χ4v) is 5.17. The maximum Gasteiger partial charge on any atom is 0.416 e. The molecule has 38 heavy (non-hydrogen) atoms. The number of amides is 2. The van der Waals surface area contributed by atoms with Crippen molar-refractivity contribution in [1.29, 1.82) is 0 Å². The average Bonchev–Trinajstić information content (AvgIpc) is 3.38. The van der Waals surface area contributed by atoms with Gasteiger partial charge in [-0.1, -0.05) is 6.07 Å². The topological polar surface area (TPSA) is 119 Å². The van der Waals surface area contributed by atoms with Crippen LogP contribution in [0.1, 0.15) is 17.5 Å². The van der Waals surface area contributed by atoms with E-state index in [1.807, 2.05) is 0 Å². The number of nitrogens with two attached hydrogens (primary N) is 1. The molecule has 3 N–H and O–H groups in total. The number of carbonyl (C=O) groups is 2. The largest absolute Gasteiger partial charge is 0.416 e. The molecule has 2 atom stereocenters. The molecule has 1 aliphatic heterocycles. The summed E-state index contributed by atoms with van der Waals surface area (Å²) in [6.45, 7) is 0.762. The van der Waals surface area contributed by atoms with E-state index >= 15 is 0 Å². The molecule has 198 valence electrons. The van der Waals surface area contributed by atoms with Crippen LogP contribution in [0.3, 0.4) is 0 Å². The summed E-state index contributed by atoms with van der Waals surface area (Å²) >= 11 is 3.21. The predicted molar refractivity (Wildman–Crippen MR) is 135 cm³/mol. The first-order valence-electron chi connectivity index (χ1n) is 11.4. The lowest BCUT2D eigenvalue weighted by molar-refractivity contribution is -0.137. The maximum absolute atomic E-state index is 14.5. The van der Waals surface area contributed by atoms with Crippen LogP contribution < -0.4 is 11.1 Å². The molecule has 1 aromatic carbocycles. The van der Waals surface area contributed by atoms with E-state index in [1.54, 1.807) is 18.2 Å². The number of alkyl halides is 4. The van der Waals surface area contributed by atoms with Crippen LogP contribution in [0, 0.1) is 6.92 Å². The van der Waals surface area contributed by atoms with Crippen LogP contribution in [0.5, 0.6) is 0 Å². The molecular weight excluding hydrogens is 574 g/mol. The minimum absolute atomic E-state index is 0.0475. The Labute approximate surface area is 221 Å². The zero-order chi connectivity index (χ0) is 27.4. The van der Waals surface area contributed by atoms with Gasteiger partial charge in [0.25, 0.3) is 0 Å². The standard InChI is InChI=1S/C24H20BrF4N7O2/c1-11-5-12(24(27,28)29)6-14-19-21(30)31-10-32-22(19)36(20(11)14)9-18(37)35-8-13(26)7-15(35)23(38)34-17-4-2-3-16(25)33-17/h2-6,10,13,15H,7-9H2,1H3,(H2,30,31,32)(H,33,34,38)/t13-,15-/m1/s1. The quantitative estimate of drug-likeness (QED) is 0.270. The molecule has 0 saturated carbocycles. The summed E-state index contributed by atoms with van der Waals surface area (Å²) in [6.07, 6.45) is -5.10. The van der Waals surface area contributed by atoms with Crippen LogP contribution in [-0.2, 0) is 22.3 Å². The van der Waals surface area contributed by atoms with Gasteiger partial charge in [-0.3, -0.25) is 9.59 Å². The number of pyridine rings is 1. The van der Waals surface area contributed by atoms with Crippen molar-refractivity contribution in [2.75, 3.05) is 17.6 Å². The molecule has 0 radical (unpaired) electrons. The fourth-order valence-electron chi connectivity index (χ4n) is 4.83. The van der Waals surface area contributed by atoms with Gasteiger partial charge in [0.15, 0.2) is 0 Å². The molecule has 3 aromatic heterocycles. The van der Waals surface area contributed by atoms with Crippen LogP contribution >= 0.6 is 15.9 Å². The minimum Gasteiger partial charge on any atom is -0.383 e. The molecule has 0 spiro atoms. The number of rotatable bonds is 4. The monoisotopic (exact) mass is 593 g/mol. The van der Waals surface area contributed by atoms with Crippen molar-refractivity contribution in [3.8, 4) is 0 Å². The van der Waals surface area contributed by atoms with E-state index in [0.717, 1.165) is 23.4 Å². The van der Waals surface area contributed by atoms with Crippen LogP contribution in [0.15, 0.2) is 41.3 Å². The van der Waals surface area contributed by atoms with Gasteiger partial charge in [-0.15, -0.1) is 0 Å². The van der Waals surface area contributed by atoms with Gasteiger partial charge in [-0.25, -0.2) is 19.3 Å². The van der Waals surface area contributed by atoms with Gasteiger partial charge in [0.1, 0.15) is 47.0 Å². The van der Waals surface area contributed by atoms with E-state index in [2.05, 4.69) is 36.2 Å². The lowest BCUT2D eigenvalue weighted by Crippen LogP contribution is -2.44. The summed E-state index contributed by atoms with van der Waals surface area (Å²) in [7, 11) is 0. The highest BCUT2D eigenvalue weighted by Gasteiger charge is 2.40. The van der Waals surface area contributed by atoms with Crippen LogP contribution in [0.4, 0.5) is 29.2 Å². The van der Waals surface area contributed by atoms with Gasteiger partial charge in [-0.05, 0) is 52.7 Å². The Morgan fingerprint density at radius 3 is 2.71 bits per heavy atom. The molecule has 0 bridgehead atoms. The summed E-state index contributed by atoms with van der Waals surface area (Å²) in [5.41, 5.74) is 5.82. The molecule has 4 heterocycles. The third-order valence-electron chi connectivity index (χ3n) is 6.41. The normalized spacial score (nSPS) is 17.9. The number of nitrogens with zero attached hydrogens (tertiary/aromatic N) is 5. The molecule has 5 rings (SSSR count). The van der Waals surface area contributed by atoms with E-state index < -0.39 is 42.3 Å². The Morgan fingerprint density at radius 2 is 2.00 bits per heavy atom. The van der Waals surface area contributed by atoms with Crippen LogP contribution in [0.25, 0.3) is 21.9 Å². The van der Waals surface area contributed by atoms with E-state index in [4.69, 9.17) is 5.73 Å². The van der Waals surface area contributed by atoms with E-state index in [-0.39, 0.29) is 46.6 Å². The molecular formula is C24H20BrF4N7O2. The second kappa shape index (κ2) is 9.49. The van der Waals surface area contributed by atoms with Crippen molar-refractivity contribution in [1.82, 2.24) is 24.4 Å². The molecule has 4 aromatic rings. The Bertz CT molecular complexity index is 1590. The van der Waals surface area contributed by atoms with Gasteiger partial charge < -0.3 is 20.5 Å². The van der Waals surface area contributed by atoms with Crippen molar-refractivity contribution >= 4 is 61.3 Å². The summed E-state index contributed by atoms with van der Waals surface area (Å²) < 4.78 is 57.0. The number of nitrogen functional groups attached to an aromatic ring is 1. The summed E-state index contributed by atoms with van der Waals surface area (Å²) in [6, 6.07) is 5.69. The first-order chi connectivity index (χ1) is 17.9. The summed E-state index contributed by atoms with van der Waals surface area (Å²) in [5, 5.41) is 2.90. The highest BCUT2D eigenvalue weighted by atomic mass is 79.9. The smallest absolute Gasteiger partial charge is 0.383 e. The van der Waals surface area contributed by atoms with Crippen molar-refractivity contribution in [2.45, 2.75) is 38.3 Å². The molecule has 0 aliphatic carbocycles. The number of aromatic nitrogens is 4. The third kappa shape index (κ3) is 4.64. The lowest BCUT2D eigenvalue weighted by atomic mass is 10.1. The van der Waals surface area contributed by atoms with Gasteiger partial charge in [0.2, 0.25) is 11.8 Å². The second-order valence-corrected chi connectivity index (χ2v) is 9.77. The Kier molecular flexibility index (Phi) is 6.45. The number of hydrogen-bond acceptors (Lipinski definition) is 6. The number of aryl methyl sites for hydroxylation is 1. The summed E-state index contributed by atoms with van der Waals surface area (Å²) in [5.74, 6) is -1.04. The highest BCUT2D eigenvalue weighted by molar-refractivity contribution is 9.10. The average molecular weight is 594 g/mol. The zero-order valence-electron chi connectivity index (χ0n) is 19.8. The number of carbonyl (C=O) groups excluding carboxylic acids is 2. The van der Waals surface area contributed by atoms with E-state index in [9.17, 15) is 27.2 Å². The minimum atomic E-state index is -4.61. The molecule has 0 unspecified atom stereocenters. The number of benzene rings is 1. The van der Waals surface area contributed by atoms with Gasteiger partial charge >= 0.3 is 6.18 Å².